The van der Waals surface area contributed by atoms with Crippen LogP contribution in [0.1, 0.15) is 76.3 Å². The van der Waals surface area contributed by atoms with Crippen LogP contribution in [0.15, 0.2) is 18.2 Å². The number of carbonyl (C=O) groups is 3. The number of carboxylic acids is 3. The van der Waals surface area contributed by atoms with Gasteiger partial charge in [-0.25, -0.2) is 4.79 Å². The highest BCUT2D eigenvalue weighted by molar-refractivity contribution is 5.88. The van der Waals surface area contributed by atoms with E-state index in [1.807, 2.05) is 12.1 Å². The first-order chi connectivity index (χ1) is 17.2. The van der Waals surface area contributed by atoms with Crippen LogP contribution >= 0.6 is 0 Å². The molecular formula is C27H39NO9. The number of phenols is 1. The Kier molecular flexibility index (Phi) is 8.56. The molecule has 10 nitrogen and oxygen atoms in total. The largest absolute Gasteiger partial charge is 0.508 e. The molecule has 3 aliphatic carbocycles. The summed E-state index contributed by atoms with van der Waals surface area (Å²) in [7, 11) is 0. The predicted octanol–water partition coefficient (Wildman–Crippen LogP) is 2.34. The predicted molar refractivity (Wildman–Crippen MR) is 133 cm³/mol. The van der Waals surface area contributed by atoms with Gasteiger partial charge in [0.2, 0.25) is 0 Å². The van der Waals surface area contributed by atoms with Crippen LogP contribution in [0.4, 0.5) is 0 Å². The van der Waals surface area contributed by atoms with E-state index in [4.69, 9.17) is 20.4 Å². The molecule has 4 rings (SSSR count). The minimum absolute atomic E-state index is 0.208. The fraction of sp³-hybridized carbons (Fsp3) is 0.667. The van der Waals surface area contributed by atoms with Gasteiger partial charge in [-0.05, 0) is 78.5 Å². The summed E-state index contributed by atoms with van der Waals surface area (Å²) in [5.41, 5.74) is 0.271. The molecule has 37 heavy (non-hydrogen) atoms. The van der Waals surface area contributed by atoms with Gasteiger partial charge >= 0.3 is 17.9 Å². The van der Waals surface area contributed by atoms with Crippen LogP contribution in [0.25, 0.3) is 0 Å². The number of aryl methyl sites for hydroxylation is 1. The molecule has 1 aromatic rings. The van der Waals surface area contributed by atoms with Crippen LogP contribution in [0.3, 0.4) is 0 Å². The molecule has 0 unspecified atom stereocenters. The number of hydrogen-bond donors (Lipinski definition) is 7. The number of carboxylic acid groups (broad SMARTS) is 3. The van der Waals surface area contributed by atoms with E-state index in [0.717, 1.165) is 12.8 Å². The van der Waals surface area contributed by atoms with Crippen molar-refractivity contribution < 1.29 is 45.0 Å². The lowest BCUT2D eigenvalue weighted by Crippen LogP contribution is -2.52. The second-order valence-corrected chi connectivity index (χ2v) is 11.4. The van der Waals surface area contributed by atoms with Crippen molar-refractivity contribution in [2.24, 2.45) is 17.3 Å². The fourth-order valence-corrected chi connectivity index (χ4v) is 6.96. The maximum Gasteiger partial charge on any atom is 0.336 e. The van der Waals surface area contributed by atoms with Gasteiger partial charge in [-0.15, -0.1) is 0 Å². The molecule has 1 aromatic carbocycles. The normalized spacial score (nSPS) is 30.4. The number of fused-ring (bicyclic) bond motifs is 5. The zero-order valence-electron chi connectivity index (χ0n) is 21.6. The number of benzene rings is 1. The Morgan fingerprint density at radius 3 is 2.27 bits per heavy atom. The maximum atomic E-state index is 10.8. The Morgan fingerprint density at radius 1 is 1.11 bits per heavy atom. The third-order valence-corrected chi connectivity index (χ3v) is 8.54. The van der Waals surface area contributed by atoms with Crippen LogP contribution < -0.4 is 5.32 Å². The van der Waals surface area contributed by atoms with Crippen molar-refractivity contribution in [1.82, 2.24) is 5.32 Å². The number of aromatic hydroxyl groups is 1. The van der Waals surface area contributed by atoms with E-state index in [2.05, 4.69) is 32.2 Å². The molecule has 0 bridgehead atoms. The Hall–Kier alpha value is -2.69. The van der Waals surface area contributed by atoms with Crippen molar-refractivity contribution in [2.75, 3.05) is 0 Å². The van der Waals surface area contributed by atoms with E-state index < -0.39 is 36.4 Å². The Labute approximate surface area is 216 Å². The number of nitrogens with one attached hydrogen (secondary N) is 1. The quantitative estimate of drug-likeness (QED) is 0.281. The smallest absolute Gasteiger partial charge is 0.336 e. The highest BCUT2D eigenvalue weighted by Crippen LogP contribution is 2.61. The van der Waals surface area contributed by atoms with Gasteiger partial charge in [0.05, 0.1) is 18.9 Å². The number of aliphatic hydroxyl groups is 2. The van der Waals surface area contributed by atoms with Gasteiger partial charge in [0.1, 0.15) is 5.75 Å². The lowest BCUT2D eigenvalue weighted by atomic mass is 9.55. The lowest BCUT2D eigenvalue weighted by molar-refractivity contribution is -0.170. The summed E-state index contributed by atoms with van der Waals surface area (Å²) in [6.45, 7) is 6.77. The first-order valence-electron chi connectivity index (χ1n) is 12.8. The SMILES string of the molecule is CC(C)N[C@H]1[C@H](O)C[C@H]2[C@@H]3CCc4cc(O)ccc4[C@H]3CC[C@@]21C.O=C(O)CC(O)(CC(=O)O)C(=O)O. The molecule has 0 heterocycles. The molecule has 0 saturated heterocycles. The van der Waals surface area contributed by atoms with E-state index in [1.54, 1.807) is 0 Å². The molecule has 0 aliphatic heterocycles. The Morgan fingerprint density at radius 2 is 1.73 bits per heavy atom. The van der Waals surface area contributed by atoms with Crippen molar-refractivity contribution in [3.8, 4) is 5.75 Å². The molecule has 0 spiro atoms. The zero-order chi connectivity index (χ0) is 27.7. The van der Waals surface area contributed by atoms with Gasteiger partial charge < -0.3 is 36.0 Å². The Bertz CT molecular complexity index is 1010. The Balaban J connectivity index is 0.000000251. The average molecular weight is 522 g/mol. The molecule has 206 valence electrons. The molecule has 2 fully saturated rings. The zero-order valence-corrected chi connectivity index (χ0v) is 21.6. The summed E-state index contributed by atoms with van der Waals surface area (Å²) in [5, 5.41) is 58.0. The number of hydrogen-bond acceptors (Lipinski definition) is 7. The van der Waals surface area contributed by atoms with Crippen LogP contribution in [0, 0.1) is 17.3 Å². The molecule has 0 radical (unpaired) electrons. The molecular weight excluding hydrogens is 482 g/mol. The van der Waals surface area contributed by atoms with Gasteiger partial charge in [0, 0.05) is 12.1 Å². The van der Waals surface area contributed by atoms with Gasteiger partial charge in [-0.1, -0.05) is 26.8 Å². The van der Waals surface area contributed by atoms with E-state index >= 15 is 0 Å². The lowest BCUT2D eigenvalue weighted by Gasteiger charge is -2.51. The maximum absolute atomic E-state index is 10.8. The molecule has 0 aromatic heterocycles. The van der Waals surface area contributed by atoms with Gasteiger partial charge in [0.25, 0.3) is 0 Å². The van der Waals surface area contributed by atoms with E-state index in [-0.39, 0.29) is 17.6 Å². The second-order valence-electron chi connectivity index (χ2n) is 11.4. The van der Waals surface area contributed by atoms with Gasteiger partial charge in [-0.3, -0.25) is 9.59 Å². The first kappa shape index (κ1) is 28.9. The van der Waals surface area contributed by atoms with Crippen molar-refractivity contribution in [3.05, 3.63) is 29.3 Å². The number of aliphatic hydroxyl groups excluding tert-OH is 1. The summed E-state index contributed by atoms with van der Waals surface area (Å²) in [4.78, 5) is 30.5. The van der Waals surface area contributed by atoms with Gasteiger partial charge in [0.15, 0.2) is 5.60 Å². The molecule has 2 saturated carbocycles. The second kappa shape index (κ2) is 11.0. The van der Waals surface area contributed by atoms with Crippen LogP contribution in [-0.4, -0.2) is 72.3 Å². The monoisotopic (exact) mass is 521 g/mol. The molecule has 3 aliphatic rings. The summed E-state index contributed by atoms with van der Waals surface area (Å²) in [5.74, 6) is -2.74. The third kappa shape index (κ3) is 6.08. The summed E-state index contributed by atoms with van der Waals surface area (Å²) in [6, 6.07) is 6.60. The van der Waals surface area contributed by atoms with Crippen molar-refractivity contribution in [3.63, 3.8) is 0 Å². The van der Waals surface area contributed by atoms with E-state index in [0.29, 0.717) is 29.5 Å². The first-order valence-corrected chi connectivity index (χ1v) is 12.8. The highest BCUT2D eigenvalue weighted by atomic mass is 16.4. The molecule has 0 amide bonds. The summed E-state index contributed by atoms with van der Waals surface area (Å²) < 4.78 is 0. The van der Waals surface area contributed by atoms with Crippen LogP contribution in [-0.2, 0) is 20.8 Å². The minimum atomic E-state index is -2.74. The molecule has 7 N–H and O–H groups in total. The fourth-order valence-electron chi connectivity index (χ4n) is 6.96. The van der Waals surface area contributed by atoms with E-state index in [1.165, 1.54) is 30.4 Å². The standard InChI is InChI=1S/C21H31NO2.C6H8O7/c1-12(2)22-20-19(24)11-18-17-6-4-13-10-14(23)5-7-15(13)16(17)8-9-21(18,20)3;7-3(8)1-6(13,5(11)12)2-4(9)10/h5,7,10,12,16-20,22-24H,4,6,8-9,11H2,1-3H3;13H,1-2H2,(H,7,8)(H,9,10)(H,11,12)/t16-,17-,18+,19-,20+,21+;/m1./s1. The number of aliphatic carboxylic acids is 3. The minimum Gasteiger partial charge on any atom is -0.508 e. The van der Waals surface area contributed by atoms with E-state index in [9.17, 15) is 24.6 Å². The highest BCUT2D eigenvalue weighted by Gasteiger charge is 2.58. The number of rotatable bonds is 7. The number of phenolic OH excluding ortho intramolecular Hbond substituents is 1. The third-order valence-electron chi connectivity index (χ3n) is 8.54. The van der Waals surface area contributed by atoms with Crippen LogP contribution in [0.5, 0.6) is 5.75 Å². The average Bonchev–Trinajstić information content (AvgIpc) is 3.02. The van der Waals surface area contributed by atoms with Crippen molar-refractivity contribution >= 4 is 17.9 Å². The molecule has 6 atom stereocenters. The summed E-state index contributed by atoms with van der Waals surface area (Å²) in [6.07, 6.45) is 3.08. The summed E-state index contributed by atoms with van der Waals surface area (Å²) >= 11 is 0. The van der Waals surface area contributed by atoms with Crippen molar-refractivity contribution in [1.29, 1.82) is 0 Å². The molecule has 10 heteroatoms. The van der Waals surface area contributed by atoms with Crippen molar-refractivity contribution in [2.45, 2.75) is 95.4 Å². The topological polar surface area (TPSA) is 185 Å². The van der Waals surface area contributed by atoms with Crippen LogP contribution in [0.2, 0.25) is 0 Å². The van der Waals surface area contributed by atoms with Gasteiger partial charge in [-0.2, -0.15) is 0 Å².